The fourth-order valence-electron chi connectivity index (χ4n) is 3.87. The van der Waals surface area contributed by atoms with E-state index in [9.17, 15) is 4.79 Å². The molecule has 0 aliphatic rings. The standard InChI is InChI=1S/C28H30ClN7O/c29-24-13-11-22(12-14-24)20-35(26-10-4-5-15-32-26)17-18-36(27(37)23-7-2-1-3-8-23)28(30)33-16-6-9-25-19-31-21-34-25/h1-5,7-8,10-15,19,21H,6,9,16-18,20H2,(H2,30,33)(H,31,34). The molecule has 37 heavy (non-hydrogen) atoms. The molecule has 4 rings (SSSR count). The van der Waals surface area contributed by atoms with Crippen molar-refractivity contribution in [2.75, 3.05) is 24.5 Å². The minimum Gasteiger partial charge on any atom is -0.369 e. The number of nitrogens with one attached hydrogen (secondary N) is 1. The second kappa shape index (κ2) is 13.2. The van der Waals surface area contributed by atoms with Gasteiger partial charge >= 0.3 is 0 Å². The number of hydrogen-bond donors (Lipinski definition) is 2. The number of nitrogens with zero attached hydrogens (tertiary/aromatic N) is 5. The maximum Gasteiger partial charge on any atom is 0.260 e. The molecule has 0 aliphatic carbocycles. The number of carbonyl (C=O) groups is 1. The number of aryl methyl sites for hydroxylation is 1. The van der Waals surface area contributed by atoms with Crippen LogP contribution in [0, 0.1) is 0 Å². The van der Waals surface area contributed by atoms with E-state index in [4.69, 9.17) is 17.3 Å². The van der Waals surface area contributed by atoms with E-state index in [-0.39, 0.29) is 11.9 Å². The molecule has 4 aromatic rings. The van der Waals surface area contributed by atoms with Gasteiger partial charge in [-0.3, -0.25) is 14.7 Å². The lowest BCUT2D eigenvalue weighted by atomic mass is 10.2. The molecule has 3 N–H and O–H groups in total. The van der Waals surface area contributed by atoms with Crippen molar-refractivity contribution in [2.45, 2.75) is 19.4 Å². The lowest BCUT2D eigenvalue weighted by molar-refractivity contribution is 0.0847. The summed E-state index contributed by atoms with van der Waals surface area (Å²) in [7, 11) is 0. The number of aliphatic imine (C=N–C) groups is 1. The lowest BCUT2D eigenvalue weighted by Gasteiger charge is -2.28. The van der Waals surface area contributed by atoms with Crippen LogP contribution in [-0.2, 0) is 13.0 Å². The monoisotopic (exact) mass is 515 g/mol. The zero-order valence-corrected chi connectivity index (χ0v) is 21.3. The van der Waals surface area contributed by atoms with E-state index in [1.807, 2.05) is 60.7 Å². The molecule has 0 unspecified atom stereocenters. The first-order valence-electron chi connectivity index (χ1n) is 12.1. The summed E-state index contributed by atoms with van der Waals surface area (Å²) in [4.78, 5) is 33.3. The molecule has 0 atom stereocenters. The van der Waals surface area contributed by atoms with Crippen LogP contribution in [0.15, 0.2) is 96.5 Å². The topological polar surface area (TPSA) is 104 Å². The number of nitrogens with two attached hydrogens (primary N) is 1. The van der Waals surface area contributed by atoms with E-state index in [0.29, 0.717) is 36.8 Å². The molecule has 2 aromatic carbocycles. The van der Waals surface area contributed by atoms with Crippen molar-refractivity contribution >= 4 is 29.3 Å². The number of amides is 1. The fraction of sp³-hybridized carbons (Fsp3) is 0.214. The van der Waals surface area contributed by atoms with Crippen molar-refractivity contribution in [3.05, 3.63) is 113 Å². The molecule has 0 spiro atoms. The van der Waals surface area contributed by atoms with Crippen LogP contribution in [0.5, 0.6) is 0 Å². The molecule has 0 fully saturated rings. The van der Waals surface area contributed by atoms with E-state index in [1.165, 1.54) is 0 Å². The van der Waals surface area contributed by atoms with Crippen molar-refractivity contribution in [1.82, 2.24) is 19.9 Å². The first kappa shape index (κ1) is 25.9. The predicted molar refractivity (Wildman–Crippen MR) is 148 cm³/mol. The third-order valence-corrected chi connectivity index (χ3v) is 6.08. The Labute approximate surface area is 221 Å². The molecular weight excluding hydrogens is 486 g/mol. The van der Waals surface area contributed by atoms with E-state index < -0.39 is 0 Å². The highest BCUT2D eigenvalue weighted by atomic mass is 35.5. The second-order valence-corrected chi connectivity index (χ2v) is 8.92. The Morgan fingerprint density at radius 1 is 1.00 bits per heavy atom. The van der Waals surface area contributed by atoms with Gasteiger partial charge in [0.25, 0.3) is 5.91 Å². The van der Waals surface area contributed by atoms with Gasteiger partial charge < -0.3 is 15.6 Å². The maximum atomic E-state index is 13.5. The number of aromatic nitrogens is 3. The highest BCUT2D eigenvalue weighted by Crippen LogP contribution is 2.17. The third kappa shape index (κ3) is 7.65. The molecule has 0 bridgehead atoms. The Morgan fingerprint density at radius 2 is 1.78 bits per heavy atom. The molecule has 0 aliphatic heterocycles. The quantitative estimate of drug-likeness (QED) is 0.173. The molecule has 0 saturated heterocycles. The Hall–Kier alpha value is -4.17. The Morgan fingerprint density at radius 3 is 2.49 bits per heavy atom. The molecule has 2 aromatic heterocycles. The van der Waals surface area contributed by atoms with Gasteiger partial charge in [-0.15, -0.1) is 0 Å². The summed E-state index contributed by atoms with van der Waals surface area (Å²) in [6.45, 7) is 1.94. The zero-order valence-electron chi connectivity index (χ0n) is 20.5. The van der Waals surface area contributed by atoms with Crippen LogP contribution in [0.1, 0.15) is 28.0 Å². The van der Waals surface area contributed by atoms with Crippen LogP contribution in [0.3, 0.4) is 0 Å². The number of H-pyrrole nitrogens is 1. The molecule has 0 radical (unpaired) electrons. The molecule has 8 nitrogen and oxygen atoms in total. The summed E-state index contributed by atoms with van der Waals surface area (Å²) < 4.78 is 0. The minimum atomic E-state index is -0.192. The van der Waals surface area contributed by atoms with Gasteiger partial charge in [-0.2, -0.15) is 0 Å². The van der Waals surface area contributed by atoms with Gasteiger partial charge in [-0.25, -0.2) is 9.97 Å². The summed E-state index contributed by atoms with van der Waals surface area (Å²) >= 11 is 6.07. The van der Waals surface area contributed by atoms with Crippen molar-refractivity contribution in [3.8, 4) is 0 Å². The van der Waals surface area contributed by atoms with Crippen molar-refractivity contribution in [1.29, 1.82) is 0 Å². The summed E-state index contributed by atoms with van der Waals surface area (Å²) in [6.07, 6.45) is 6.80. The zero-order chi connectivity index (χ0) is 25.9. The normalized spacial score (nSPS) is 11.3. The molecule has 9 heteroatoms. The molecule has 2 heterocycles. The Bertz CT molecular complexity index is 1260. The van der Waals surface area contributed by atoms with Gasteiger partial charge in [-0.1, -0.05) is 48.0 Å². The van der Waals surface area contributed by atoms with Crippen molar-refractivity contribution in [3.63, 3.8) is 0 Å². The smallest absolute Gasteiger partial charge is 0.260 e. The Kier molecular flexibility index (Phi) is 9.26. The number of halogens is 1. The summed E-state index contributed by atoms with van der Waals surface area (Å²) in [5.74, 6) is 0.813. The number of hydrogen-bond acceptors (Lipinski definition) is 5. The number of imidazole rings is 1. The van der Waals surface area contributed by atoms with Gasteiger partial charge in [0.15, 0.2) is 5.96 Å². The Balaban J connectivity index is 1.50. The van der Waals surface area contributed by atoms with Crippen molar-refractivity contribution in [2.24, 2.45) is 10.7 Å². The highest BCUT2D eigenvalue weighted by molar-refractivity contribution is 6.30. The summed E-state index contributed by atoms with van der Waals surface area (Å²) in [5, 5.41) is 0.685. The number of benzene rings is 2. The van der Waals surface area contributed by atoms with Crippen LogP contribution < -0.4 is 10.6 Å². The number of pyridine rings is 1. The van der Waals surface area contributed by atoms with Gasteiger partial charge in [0, 0.05) is 54.9 Å². The first-order valence-corrected chi connectivity index (χ1v) is 12.5. The van der Waals surface area contributed by atoms with Crippen LogP contribution >= 0.6 is 11.6 Å². The van der Waals surface area contributed by atoms with Crippen LogP contribution in [0.2, 0.25) is 5.02 Å². The first-order chi connectivity index (χ1) is 18.1. The SMILES string of the molecule is NC(=NCCCc1cnc[nH]1)N(CCN(Cc1ccc(Cl)cc1)c1ccccn1)C(=O)c1ccccc1. The number of carbonyl (C=O) groups excluding carboxylic acids is 1. The highest BCUT2D eigenvalue weighted by Gasteiger charge is 2.21. The predicted octanol–water partition coefficient (Wildman–Crippen LogP) is 4.55. The maximum absolute atomic E-state index is 13.5. The summed E-state index contributed by atoms with van der Waals surface area (Å²) in [5.41, 5.74) is 9.07. The summed E-state index contributed by atoms with van der Waals surface area (Å²) in [6, 6.07) is 22.6. The second-order valence-electron chi connectivity index (χ2n) is 8.48. The number of aromatic amines is 1. The van der Waals surface area contributed by atoms with Crippen LogP contribution in [0.4, 0.5) is 5.82 Å². The van der Waals surface area contributed by atoms with E-state index in [2.05, 4.69) is 24.8 Å². The number of guanidine groups is 1. The molecule has 0 saturated carbocycles. The number of rotatable bonds is 11. The van der Waals surface area contributed by atoms with Crippen molar-refractivity contribution < 1.29 is 4.79 Å². The molecule has 190 valence electrons. The third-order valence-electron chi connectivity index (χ3n) is 5.83. The van der Waals surface area contributed by atoms with E-state index >= 15 is 0 Å². The van der Waals surface area contributed by atoms with E-state index in [0.717, 1.165) is 29.9 Å². The molecular formula is C28H30ClN7O. The lowest BCUT2D eigenvalue weighted by Crippen LogP contribution is -2.46. The number of anilines is 1. The fourth-order valence-corrected chi connectivity index (χ4v) is 4.00. The van der Waals surface area contributed by atoms with E-state index in [1.54, 1.807) is 35.8 Å². The minimum absolute atomic E-state index is 0.192. The van der Waals surface area contributed by atoms with Crippen LogP contribution in [-0.4, -0.2) is 51.4 Å². The largest absolute Gasteiger partial charge is 0.369 e. The van der Waals surface area contributed by atoms with Crippen LogP contribution in [0.25, 0.3) is 0 Å². The van der Waals surface area contributed by atoms with Gasteiger partial charge in [0.1, 0.15) is 5.82 Å². The molecule has 1 amide bonds. The van der Waals surface area contributed by atoms with Gasteiger partial charge in [0.05, 0.1) is 6.33 Å². The van der Waals surface area contributed by atoms with Gasteiger partial charge in [0.2, 0.25) is 0 Å². The van der Waals surface area contributed by atoms with Gasteiger partial charge in [-0.05, 0) is 54.8 Å². The average molecular weight is 516 g/mol. The average Bonchev–Trinajstić information content (AvgIpc) is 3.46.